The maximum Gasteiger partial charge on any atom is 0.321 e. The zero-order valence-electron chi connectivity index (χ0n) is 16.9. The minimum atomic E-state index is -0.108. The predicted molar refractivity (Wildman–Crippen MR) is 114 cm³/mol. The Morgan fingerprint density at radius 2 is 1.62 bits per heavy atom. The van der Waals surface area contributed by atoms with Crippen molar-refractivity contribution < 1.29 is 9.59 Å². The van der Waals surface area contributed by atoms with E-state index >= 15 is 0 Å². The molecule has 2 aromatic carbocycles. The van der Waals surface area contributed by atoms with E-state index in [9.17, 15) is 9.59 Å². The number of hydrogen-bond donors (Lipinski definition) is 1. The van der Waals surface area contributed by atoms with E-state index in [2.05, 4.69) is 34.5 Å². The number of rotatable bonds is 4. The molecular formula is C23H28N4O2. The Morgan fingerprint density at radius 1 is 0.966 bits per heavy atom. The predicted octanol–water partition coefficient (Wildman–Crippen LogP) is 2.98. The van der Waals surface area contributed by atoms with Crippen LogP contribution in [0.4, 0.5) is 10.5 Å². The first-order valence-electron chi connectivity index (χ1n) is 10.3. The number of para-hydroxylation sites is 1. The number of benzene rings is 2. The maximum atomic E-state index is 12.8. The number of aryl methyl sites for hydroxylation is 1. The molecule has 2 aromatic rings. The number of hydrogen-bond acceptors (Lipinski definition) is 3. The molecule has 6 nitrogen and oxygen atoms in total. The SMILES string of the molecule is CN(CC(=O)N1CCN(C(=O)Nc2ccccc2)CC1)C1CCc2ccccc21. The molecule has 6 heteroatoms. The lowest BCUT2D eigenvalue weighted by Crippen LogP contribution is -2.53. The molecule has 1 heterocycles. The molecule has 1 aliphatic carbocycles. The number of carbonyl (C=O) groups excluding carboxylic acids is 2. The van der Waals surface area contributed by atoms with Crippen LogP contribution in [0.15, 0.2) is 54.6 Å². The quantitative estimate of drug-likeness (QED) is 0.870. The van der Waals surface area contributed by atoms with Gasteiger partial charge in [-0.05, 0) is 43.1 Å². The number of fused-ring (bicyclic) bond motifs is 1. The summed E-state index contributed by atoms with van der Waals surface area (Å²) in [6, 6.07) is 18.2. The second-order valence-electron chi connectivity index (χ2n) is 7.83. The molecule has 0 saturated carbocycles. The van der Waals surface area contributed by atoms with E-state index in [1.54, 1.807) is 4.90 Å². The topological polar surface area (TPSA) is 55.9 Å². The van der Waals surface area contributed by atoms with Crippen molar-refractivity contribution in [1.29, 1.82) is 0 Å². The van der Waals surface area contributed by atoms with Gasteiger partial charge in [-0.3, -0.25) is 9.69 Å². The van der Waals surface area contributed by atoms with Crippen LogP contribution in [-0.4, -0.2) is 66.4 Å². The van der Waals surface area contributed by atoms with Gasteiger partial charge >= 0.3 is 6.03 Å². The highest BCUT2D eigenvalue weighted by Crippen LogP contribution is 2.34. The Balaban J connectivity index is 1.26. The van der Waals surface area contributed by atoms with Crippen molar-refractivity contribution in [3.8, 4) is 0 Å². The van der Waals surface area contributed by atoms with Gasteiger partial charge in [-0.1, -0.05) is 42.5 Å². The second-order valence-corrected chi connectivity index (χ2v) is 7.83. The van der Waals surface area contributed by atoms with Gasteiger partial charge in [0.15, 0.2) is 0 Å². The number of urea groups is 1. The van der Waals surface area contributed by atoms with Gasteiger partial charge in [0.05, 0.1) is 6.54 Å². The smallest absolute Gasteiger partial charge is 0.321 e. The highest BCUT2D eigenvalue weighted by Gasteiger charge is 2.29. The number of likely N-dealkylation sites (N-methyl/N-ethyl adjacent to an activating group) is 1. The molecule has 1 fully saturated rings. The van der Waals surface area contributed by atoms with Crippen molar-refractivity contribution >= 4 is 17.6 Å². The Morgan fingerprint density at radius 3 is 2.38 bits per heavy atom. The van der Waals surface area contributed by atoms with Crippen molar-refractivity contribution in [3.63, 3.8) is 0 Å². The van der Waals surface area contributed by atoms with E-state index < -0.39 is 0 Å². The first-order valence-corrected chi connectivity index (χ1v) is 10.3. The fourth-order valence-electron chi connectivity index (χ4n) is 4.30. The molecule has 29 heavy (non-hydrogen) atoms. The average molecular weight is 393 g/mol. The standard InChI is InChI=1S/C23H28N4O2/c1-25(21-12-11-18-7-5-6-10-20(18)21)17-22(28)26-13-15-27(16-14-26)23(29)24-19-8-3-2-4-9-19/h2-10,21H,11-17H2,1H3,(H,24,29). The number of carbonyl (C=O) groups is 2. The third-order valence-electron chi connectivity index (χ3n) is 5.96. The first kappa shape index (κ1) is 19.5. The number of piperazine rings is 1. The summed E-state index contributed by atoms with van der Waals surface area (Å²) in [5.74, 6) is 0.139. The van der Waals surface area contributed by atoms with E-state index in [1.165, 1.54) is 11.1 Å². The Kier molecular flexibility index (Phi) is 5.81. The fraction of sp³-hybridized carbons (Fsp3) is 0.391. The van der Waals surface area contributed by atoms with Gasteiger partial charge in [-0.15, -0.1) is 0 Å². The molecule has 3 amide bonds. The van der Waals surface area contributed by atoms with Gasteiger partial charge in [0.1, 0.15) is 0 Å². The van der Waals surface area contributed by atoms with E-state index in [-0.39, 0.29) is 11.9 Å². The number of anilines is 1. The van der Waals surface area contributed by atoms with Crippen LogP contribution in [0.2, 0.25) is 0 Å². The third kappa shape index (κ3) is 4.43. The lowest BCUT2D eigenvalue weighted by atomic mass is 10.1. The summed E-state index contributed by atoms with van der Waals surface area (Å²) in [7, 11) is 2.04. The van der Waals surface area contributed by atoms with Crippen molar-refractivity contribution in [2.24, 2.45) is 0 Å². The first-order chi connectivity index (χ1) is 14.1. The van der Waals surface area contributed by atoms with Crippen LogP contribution in [0.1, 0.15) is 23.6 Å². The normalized spacial score (nSPS) is 18.6. The van der Waals surface area contributed by atoms with Crippen LogP contribution in [0, 0.1) is 0 Å². The zero-order valence-corrected chi connectivity index (χ0v) is 16.9. The maximum absolute atomic E-state index is 12.8. The largest absolute Gasteiger partial charge is 0.338 e. The number of nitrogens with zero attached hydrogens (tertiary/aromatic N) is 3. The molecule has 0 radical (unpaired) electrons. The average Bonchev–Trinajstić information content (AvgIpc) is 3.19. The molecular weight excluding hydrogens is 364 g/mol. The summed E-state index contributed by atoms with van der Waals surface area (Å²) in [6.07, 6.45) is 2.14. The Labute approximate surface area is 172 Å². The summed E-state index contributed by atoms with van der Waals surface area (Å²) in [6.45, 7) is 2.68. The highest BCUT2D eigenvalue weighted by molar-refractivity contribution is 5.89. The van der Waals surface area contributed by atoms with Crippen LogP contribution in [0.3, 0.4) is 0 Å². The van der Waals surface area contributed by atoms with Crippen molar-refractivity contribution in [2.75, 3.05) is 45.1 Å². The van der Waals surface area contributed by atoms with Crippen molar-refractivity contribution in [2.45, 2.75) is 18.9 Å². The number of nitrogens with one attached hydrogen (secondary N) is 1. The van der Waals surface area contributed by atoms with E-state index in [1.807, 2.05) is 42.3 Å². The molecule has 0 spiro atoms. The van der Waals surface area contributed by atoms with Crippen molar-refractivity contribution in [3.05, 3.63) is 65.7 Å². The van der Waals surface area contributed by atoms with Gasteiger partial charge < -0.3 is 15.1 Å². The third-order valence-corrected chi connectivity index (χ3v) is 5.96. The lowest BCUT2D eigenvalue weighted by Gasteiger charge is -2.36. The molecule has 1 atom stereocenters. The minimum Gasteiger partial charge on any atom is -0.338 e. The monoisotopic (exact) mass is 392 g/mol. The summed E-state index contributed by atoms with van der Waals surface area (Å²) in [5, 5.41) is 2.91. The lowest BCUT2D eigenvalue weighted by molar-refractivity contribution is -0.134. The van der Waals surface area contributed by atoms with Gasteiger partial charge in [0, 0.05) is 37.9 Å². The van der Waals surface area contributed by atoms with Gasteiger partial charge in [-0.2, -0.15) is 0 Å². The molecule has 1 unspecified atom stereocenters. The van der Waals surface area contributed by atoms with Gasteiger partial charge in [-0.25, -0.2) is 4.79 Å². The molecule has 152 valence electrons. The summed E-state index contributed by atoms with van der Waals surface area (Å²) >= 11 is 0. The van der Waals surface area contributed by atoms with Gasteiger partial charge in [0.25, 0.3) is 0 Å². The van der Waals surface area contributed by atoms with Crippen molar-refractivity contribution in [1.82, 2.24) is 14.7 Å². The van der Waals surface area contributed by atoms with Gasteiger partial charge in [0.2, 0.25) is 5.91 Å². The minimum absolute atomic E-state index is 0.108. The Hall–Kier alpha value is -2.86. The highest BCUT2D eigenvalue weighted by atomic mass is 16.2. The molecule has 4 rings (SSSR count). The second kappa shape index (κ2) is 8.66. The van der Waals surface area contributed by atoms with E-state index in [4.69, 9.17) is 0 Å². The van der Waals surface area contributed by atoms with Crippen LogP contribution in [-0.2, 0) is 11.2 Å². The Bertz CT molecular complexity index is 862. The summed E-state index contributed by atoms with van der Waals surface area (Å²) < 4.78 is 0. The van der Waals surface area contributed by atoms with E-state index in [0.717, 1.165) is 18.5 Å². The fourth-order valence-corrected chi connectivity index (χ4v) is 4.30. The molecule has 2 aliphatic rings. The number of amides is 3. The van der Waals surface area contributed by atoms with E-state index in [0.29, 0.717) is 38.8 Å². The van der Waals surface area contributed by atoms with Crippen LogP contribution in [0.5, 0.6) is 0 Å². The summed E-state index contributed by atoms with van der Waals surface area (Å²) in [4.78, 5) is 31.0. The van der Waals surface area contributed by atoms with Crippen LogP contribution in [0.25, 0.3) is 0 Å². The molecule has 0 aromatic heterocycles. The molecule has 1 aliphatic heterocycles. The molecule has 0 bridgehead atoms. The summed E-state index contributed by atoms with van der Waals surface area (Å²) in [5.41, 5.74) is 3.54. The molecule has 1 saturated heterocycles. The zero-order chi connectivity index (χ0) is 20.2. The molecule has 1 N–H and O–H groups in total. The van der Waals surface area contributed by atoms with Crippen LogP contribution >= 0.6 is 0 Å². The van der Waals surface area contributed by atoms with Crippen LogP contribution < -0.4 is 5.32 Å².